The number of nitrogens with zero attached hydrogens (tertiary/aromatic N) is 1. The van der Waals surface area contributed by atoms with Crippen LogP contribution in [0.2, 0.25) is 0 Å². The fourth-order valence-electron chi connectivity index (χ4n) is 1.16. The number of benzene rings is 1. The van der Waals surface area contributed by atoms with E-state index in [1.165, 1.54) is 6.07 Å². The van der Waals surface area contributed by atoms with Crippen molar-refractivity contribution >= 4 is 0 Å². The van der Waals surface area contributed by atoms with Gasteiger partial charge in [0.05, 0.1) is 5.56 Å². The average molecular weight is 178 g/mol. The van der Waals surface area contributed by atoms with Crippen LogP contribution in [0.25, 0.3) is 0 Å². The molecule has 1 rings (SSSR count). The van der Waals surface area contributed by atoms with Crippen molar-refractivity contribution in [2.45, 2.75) is 19.4 Å². The molecule has 0 aromatic heterocycles. The summed E-state index contributed by atoms with van der Waals surface area (Å²) in [5, 5.41) is 8.56. The molecule has 2 nitrogen and oxygen atoms in total. The molecule has 3 heteroatoms. The minimum absolute atomic E-state index is 0.0250. The maximum atomic E-state index is 12.9. The number of hydrogen-bond acceptors (Lipinski definition) is 2. The van der Waals surface area contributed by atoms with Crippen LogP contribution in [-0.4, -0.2) is 6.04 Å². The van der Waals surface area contributed by atoms with Crippen LogP contribution in [-0.2, 0) is 6.42 Å². The summed E-state index contributed by atoms with van der Waals surface area (Å²) in [7, 11) is 0. The molecule has 0 saturated heterocycles. The van der Waals surface area contributed by atoms with Gasteiger partial charge in [-0.3, -0.25) is 0 Å². The Labute approximate surface area is 76.8 Å². The number of halogens is 1. The number of nitriles is 1. The zero-order chi connectivity index (χ0) is 9.84. The third-order valence-corrected chi connectivity index (χ3v) is 1.71. The molecule has 0 spiro atoms. The maximum absolute atomic E-state index is 12.9. The Morgan fingerprint density at radius 1 is 1.62 bits per heavy atom. The summed E-state index contributed by atoms with van der Waals surface area (Å²) in [4.78, 5) is 0. The first-order valence-electron chi connectivity index (χ1n) is 4.07. The second-order valence-electron chi connectivity index (χ2n) is 3.11. The molecule has 0 radical (unpaired) electrons. The molecule has 1 aromatic rings. The van der Waals surface area contributed by atoms with Gasteiger partial charge in [-0.15, -0.1) is 0 Å². The summed E-state index contributed by atoms with van der Waals surface area (Å²) in [5.41, 5.74) is 6.56. The van der Waals surface area contributed by atoms with E-state index in [9.17, 15) is 4.39 Å². The van der Waals surface area contributed by atoms with Crippen molar-refractivity contribution < 1.29 is 4.39 Å². The Hall–Kier alpha value is -1.40. The van der Waals surface area contributed by atoms with Gasteiger partial charge in [0.25, 0.3) is 0 Å². The predicted octanol–water partition coefficient (Wildman–Crippen LogP) is 1.59. The van der Waals surface area contributed by atoms with Gasteiger partial charge in [-0.1, -0.05) is 6.07 Å². The lowest BCUT2D eigenvalue weighted by molar-refractivity contribution is 0.622. The molecular weight excluding hydrogens is 167 g/mol. The molecule has 68 valence electrons. The molecule has 0 saturated carbocycles. The Morgan fingerprint density at radius 3 is 2.85 bits per heavy atom. The van der Waals surface area contributed by atoms with E-state index in [1.54, 1.807) is 18.2 Å². The highest BCUT2D eigenvalue weighted by Gasteiger charge is 2.03. The quantitative estimate of drug-likeness (QED) is 0.747. The lowest BCUT2D eigenvalue weighted by Crippen LogP contribution is -2.17. The van der Waals surface area contributed by atoms with Gasteiger partial charge in [-0.25, -0.2) is 4.39 Å². The standard InChI is InChI=1S/C10H11FN2/c1-7(13)4-8-2-3-10(11)9(5-8)6-12/h2-3,5,7H,4,13H2,1H3/t7-/m1/s1. The van der Waals surface area contributed by atoms with Crippen molar-refractivity contribution in [2.75, 3.05) is 0 Å². The average Bonchev–Trinajstić information content (AvgIpc) is 2.07. The molecule has 1 atom stereocenters. The van der Waals surface area contributed by atoms with Crippen LogP contribution in [0.4, 0.5) is 4.39 Å². The smallest absolute Gasteiger partial charge is 0.140 e. The van der Waals surface area contributed by atoms with E-state index in [-0.39, 0.29) is 11.6 Å². The molecule has 0 bridgehead atoms. The second-order valence-corrected chi connectivity index (χ2v) is 3.11. The maximum Gasteiger partial charge on any atom is 0.140 e. The molecule has 0 aliphatic heterocycles. The molecule has 0 unspecified atom stereocenters. The third kappa shape index (κ3) is 2.53. The van der Waals surface area contributed by atoms with Crippen LogP contribution in [0.3, 0.4) is 0 Å². The highest BCUT2D eigenvalue weighted by atomic mass is 19.1. The molecule has 0 amide bonds. The van der Waals surface area contributed by atoms with Crippen LogP contribution in [0.1, 0.15) is 18.1 Å². The summed E-state index contributed by atoms with van der Waals surface area (Å²) in [6, 6.07) is 6.31. The van der Waals surface area contributed by atoms with E-state index < -0.39 is 5.82 Å². The summed E-state index contributed by atoms with van der Waals surface area (Å²) in [6.07, 6.45) is 0.662. The summed E-state index contributed by atoms with van der Waals surface area (Å²) in [5.74, 6) is -0.476. The lowest BCUT2D eigenvalue weighted by atomic mass is 10.1. The van der Waals surface area contributed by atoms with Crippen LogP contribution in [0.15, 0.2) is 18.2 Å². The summed E-state index contributed by atoms with van der Waals surface area (Å²) in [6.45, 7) is 1.87. The highest BCUT2D eigenvalue weighted by molar-refractivity contribution is 5.34. The lowest BCUT2D eigenvalue weighted by Gasteiger charge is -2.05. The number of rotatable bonds is 2. The first kappa shape index (κ1) is 9.69. The Balaban J connectivity index is 2.95. The number of nitrogens with two attached hydrogens (primary N) is 1. The van der Waals surface area contributed by atoms with Gasteiger partial charge in [-0.05, 0) is 31.0 Å². The third-order valence-electron chi connectivity index (χ3n) is 1.71. The van der Waals surface area contributed by atoms with Crippen molar-refractivity contribution in [3.63, 3.8) is 0 Å². The minimum atomic E-state index is -0.476. The van der Waals surface area contributed by atoms with E-state index >= 15 is 0 Å². The van der Waals surface area contributed by atoms with E-state index in [0.29, 0.717) is 6.42 Å². The van der Waals surface area contributed by atoms with Crippen LogP contribution in [0.5, 0.6) is 0 Å². The molecule has 13 heavy (non-hydrogen) atoms. The van der Waals surface area contributed by atoms with Crippen molar-refractivity contribution in [3.05, 3.63) is 35.1 Å². The SMILES string of the molecule is C[C@@H](N)Cc1ccc(F)c(C#N)c1. The van der Waals surface area contributed by atoms with Crippen LogP contribution < -0.4 is 5.73 Å². The normalized spacial score (nSPS) is 12.2. The molecule has 0 aliphatic rings. The van der Waals surface area contributed by atoms with Gasteiger partial charge >= 0.3 is 0 Å². The monoisotopic (exact) mass is 178 g/mol. The van der Waals surface area contributed by atoms with Gasteiger partial charge < -0.3 is 5.73 Å². The van der Waals surface area contributed by atoms with Crippen LogP contribution >= 0.6 is 0 Å². The largest absolute Gasteiger partial charge is 0.328 e. The van der Waals surface area contributed by atoms with Gasteiger partial charge in [0.1, 0.15) is 11.9 Å². The number of hydrogen-bond donors (Lipinski definition) is 1. The van der Waals surface area contributed by atoms with Gasteiger partial charge in [0.2, 0.25) is 0 Å². The van der Waals surface area contributed by atoms with Crippen molar-refractivity contribution in [2.24, 2.45) is 5.73 Å². The minimum Gasteiger partial charge on any atom is -0.328 e. The second kappa shape index (κ2) is 4.01. The van der Waals surface area contributed by atoms with Crippen molar-refractivity contribution in [1.29, 1.82) is 5.26 Å². The van der Waals surface area contributed by atoms with Gasteiger partial charge in [0.15, 0.2) is 0 Å². The molecule has 0 heterocycles. The topological polar surface area (TPSA) is 49.8 Å². The van der Waals surface area contributed by atoms with Gasteiger partial charge in [-0.2, -0.15) is 5.26 Å². The molecular formula is C10H11FN2. The predicted molar refractivity (Wildman–Crippen MR) is 48.5 cm³/mol. The first-order chi connectivity index (χ1) is 6.13. The van der Waals surface area contributed by atoms with E-state index in [2.05, 4.69) is 0 Å². The molecule has 2 N–H and O–H groups in total. The van der Waals surface area contributed by atoms with Gasteiger partial charge in [0, 0.05) is 6.04 Å². The van der Waals surface area contributed by atoms with E-state index in [0.717, 1.165) is 5.56 Å². The summed E-state index contributed by atoms with van der Waals surface area (Å²) < 4.78 is 12.9. The highest BCUT2D eigenvalue weighted by Crippen LogP contribution is 2.10. The zero-order valence-electron chi connectivity index (χ0n) is 7.42. The van der Waals surface area contributed by atoms with E-state index in [1.807, 2.05) is 6.92 Å². The van der Waals surface area contributed by atoms with Crippen molar-refractivity contribution in [1.82, 2.24) is 0 Å². The first-order valence-corrected chi connectivity index (χ1v) is 4.07. The van der Waals surface area contributed by atoms with Crippen LogP contribution in [0, 0.1) is 17.1 Å². The molecule has 1 aromatic carbocycles. The Bertz CT molecular complexity index is 339. The fourth-order valence-corrected chi connectivity index (χ4v) is 1.16. The zero-order valence-corrected chi connectivity index (χ0v) is 7.42. The molecule has 0 fully saturated rings. The summed E-state index contributed by atoms with van der Waals surface area (Å²) >= 11 is 0. The van der Waals surface area contributed by atoms with E-state index in [4.69, 9.17) is 11.0 Å². The Kier molecular flexibility index (Phi) is 2.99. The van der Waals surface area contributed by atoms with Crippen molar-refractivity contribution in [3.8, 4) is 6.07 Å². The Morgan fingerprint density at radius 2 is 2.31 bits per heavy atom. The fraction of sp³-hybridized carbons (Fsp3) is 0.300. The molecule has 0 aliphatic carbocycles.